The molecule has 3 N–H and O–H groups in total. The van der Waals surface area contributed by atoms with Crippen LogP contribution in [0.1, 0.15) is 0 Å². The molecular formula is C12H12N2O2. The molecule has 0 aliphatic rings. The number of rotatable bonds is 2. The Hall–Kier alpha value is -2.23. The number of phenolic OH excluding ortho intramolecular Hbond substituents is 1. The first-order chi connectivity index (χ1) is 7.72. The van der Waals surface area contributed by atoms with Gasteiger partial charge in [0.15, 0.2) is 11.5 Å². The molecule has 1 aromatic carbocycles. The van der Waals surface area contributed by atoms with Crippen LogP contribution < -0.4 is 10.5 Å². The van der Waals surface area contributed by atoms with E-state index in [1.807, 2.05) is 0 Å². The van der Waals surface area contributed by atoms with Crippen molar-refractivity contribution in [3.8, 4) is 22.6 Å². The van der Waals surface area contributed by atoms with Gasteiger partial charge in [-0.05, 0) is 23.8 Å². The number of aromatic hydroxyl groups is 1. The fourth-order valence-electron chi connectivity index (χ4n) is 1.49. The molecule has 0 aliphatic heterocycles. The number of aromatic nitrogens is 1. The third-order valence-corrected chi connectivity index (χ3v) is 2.35. The van der Waals surface area contributed by atoms with E-state index in [2.05, 4.69) is 4.98 Å². The van der Waals surface area contributed by atoms with E-state index in [0.29, 0.717) is 11.4 Å². The summed E-state index contributed by atoms with van der Waals surface area (Å²) in [6, 6.07) is 6.79. The van der Waals surface area contributed by atoms with Crippen molar-refractivity contribution in [3.63, 3.8) is 0 Å². The molecule has 1 aromatic heterocycles. The number of nitrogens with zero attached hydrogens (tertiary/aromatic N) is 1. The molecule has 4 heteroatoms. The standard InChI is InChI=1S/C12H12N2O2/c1-16-12-6-8(2-3-11(12)15)9-7-14-5-4-10(9)13/h2-7,15H,1H3,(H2,13,14). The van der Waals surface area contributed by atoms with Crippen molar-refractivity contribution in [1.82, 2.24) is 4.98 Å². The molecule has 0 aliphatic carbocycles. The third kappa shape index (κ3) is 1.77. The zero-order valence-electron chi connectivity index (χ0n) is 8.84. The predicted octanol–water partition coefficient (Wildman–Crippen LogP) is 2.05. The van der Waals surface area contributed by atoms with Gasteiger partial charge < -0.3 is 15.6 Å². The molecule has 0 radical (unpaired) electrons. The van der Waals surface area contributed by atoms with Crippen molar-refractivity contribution < 1.29 is 9.84 Å². The van der Waals surface area contributed by atoms with E-state index in [9.17, 15) is 5.11 Å². The average Bonchev–Trinajstić information content (AvgIpc) is 2.31. The van der Waals surface area contributed by atoms with E-state index in [1.54, 1.807) is 36.7 Å². The maximum atomic E-state index is 9.48. The lowest BCUT2D eigenvalue weighted by Gasteiger charge is -2.08. The second-order valence-electron chi connectivity index (χ2n) is 3.35. The summed E-state index contributed by atoms with van der Waals surface area (Å²) >= 11 is 0. The summed E-state index contributed by atoms with van der Waals surface area (Å²) in [5.74, 6) is 0.523. The van der Waals surface area contributed by atoms with Crippen LogP contribution >= 0.6 is 0 Å². The molecule has 4 nitrogen and oxygen atoms in total. The minimum absolute atomic E-state index is 0.105. The summed E-state index contributed by atoms with van der Waals surface area (Å²) in [5, 5.41) is 9.48. The van der Waals surface area contributed by atoms with Gasteiger partial charge in [-0.3, -0.25) is 4.98 Å². The van der Waals surface area contributed by atoms with E-state index >= 15 is 0 Å². The van der Waals surface area contributed by atoms with E-state index in [-0.39, 0.29) is 5.75 Å². The van der Waals surface area contributed by atoms with Gasteiger partial charge in [-0.15, -0.1) is 0 Å². The highest BCUT2D eigenvalue weighted by atomic mass is 16.5. The van der Waals surface area contributed by atoms with Crippen LogP contribution in [-0.2, 0) is 0 Å². The van der Waals surface area contributed by atoms with Crippen molar-refractivity contribution in [3.05, 3.63) is 36.7 Å². The van der Waals surface area contributed by atoms with Crippen LogP contribution in [0.25, 0.3) is 11.1 Å². The van der Waals surface area contributed by atoms with Crippen LogP contribution in [0.2, 0.25) is 0 Å². The number of hydrogen-bond acceptors (Lipinski definition) is 4. The monoisotopic (exact) mass is 216 g/mol. The van der Waals surface area contributed by atoms with Crippen LogP contribution in [0.4, 0.5) is 5.69 Å². The number of benzene rings is 1. The number of hydrogen-bond donors (Lipinski definition) is 2. The Morgan fingerprint density at radius 3 is 2.81 bits per heavy atom. The summed E-state index contributed by atoms with van der Waals surface area (Å²) in [6.07, 6.45) is 3.32. The normalized spacial score (nSPS) is 10.1. The van der Waals surface area contributed by atoms with E-state index in [0.717, 1.165) is 11.1 Å². The minimum Gasteiger partial charge on any atom is -0.504 e. The van der Waals surface area contributed by atoms with Gasteiger partial charge in [0.2, 0.25) is 0 Å². The number of nitrogen functional groups attached to an aromatic ring is 1. The van der Waals surface area contributed by atoms with Crippen LogP contribution in [0.15, 0.2) is 36.7 Å². The van der Waals surface area contributed by atoms with Crippen LogP contribution in [0.3, 0.4) is 0 Å². The largest absolute Gasteiger partial charge is 0.504 e. The van der Waals surface area contributed by atoms with Gasteiger partial charge in [-0.25, -0.2) is 0 Å². The lowest BCUT2D eigenvalue weighted by molar-refractivity contribution is 0.373. The van der Waals surface area contributed by atoms with Crippen molar-refractivity contribution >= 4 is 5.69 Å². The van der Waals surface area contributed by atoms with Crippen molar-refractivity contribution in [2.24, 2.45) is 0 Å². The van der Waals surface area contributed by atoms with Gasteiger partial charge in [0.05, 0.1) is 7.11 Å². The highest BCUT2D eigenvalue weighted by Gasteiger charge is 2.06. The van der Waals surface area contributed by atoms with Gasteiger partial charge in [-0.2, -0.15) is 0 Å². The van der Waals surface area contributed by atoms with Crippen molar-refractivity contribution in [2.45, 2.75) is 0 Å². The molecule has 0 saturated heterocycles. The molecule has 0 saturated carbocycles. The Kier molecular flexibility index (Phi) is 2.64. The Balaban J connectivity index is 2.53. The fourth-order valence-corrected chi connectivity index (χ4v) is 1.49. The van der Waals surface area contributed by atoms with E-state index < -0.39 is 0 Å². The Bertz CT molecular complexity index is 512. The maximum absolute atomic E-state index is 9.48. The Labute approximate surface area is 93.3 Å². The number of ether oxygens (including phenoxy) is 1. The highest BCUT2D eigenvalue weighted by Crippen LogP contribution is 2.33. The van der Waals surface area contributed by atoms with Gasteiger partial charge in [-0.1, -0.05) is 6.07 Å². The predicted molar refractivity (Wildman–Crippen MR) is 62.3 cm³/mol. The lowest BCUT2D eigenvalue weighted by Crippen LogP contribution is -1.91. The molecule has 0 spiro atoms. The quantitative estimate of drug-likeness (QED) is 0.806. The maximum Gasteiger partial charge on any atom is 0.161 e. The number of methoxy groups -OCH3 is 1. The molecule has 0 bridgehead atoms. The van der Waals surface area contributed by atoms with Crippen LogP contribution in [0, 0.1) is 0 Å². The molecule has 0 fully saturated rings. The molecule has 1 heterocycles. The van der Waals surface area contributed by atoms with Gasteiger partial charge >= 0.3 is 0 Å². The summed E-state index contributed by atoms with van der Waals surface area (Å²) in [7, 11) is 1.51. The smallest absolute Gasteiger partial charge is 0.161 e. The number of phenols is 1. The number of nitrogens with two attached hydrogens (primary N) is 1. The SMILES string of the molecule is COc1cc(-c2cnccc2N)ccc1O. The third-order valence-electron chi connectivity index (χ3n) is 2.35. The van der Waals surface area contributed by atoms with Crippen molar-refractivity contribution in [1.29, 1.82) is 0 Å². The van der Waals surface area contributed by atoms with Crippen LogP contribution in [0.5, 0.6) is 11.5 Å². The molecule has 2 rings (SSSR count). The van der Waals surface area contributed by atoms with E-state index in [4.69, 9.17) is 10.5 Å². The topological polar surface area (TPSA) is 68.4 Å². The fraction of sp³-hybridized carbons (Fsp3) is 0.0833. The zero-order valence-corrected chi connectivity index (χ0v) is 8.84. The first-order valence-corrected chi connectivity index (χ1v) is 4.79. The lowest BCUT2D eigenvalue weighted by atomic mass is 10.1. The Morgan fingerprint density at radius 2 is 2.12 bits per heavy atom. The zero-order chi connectivity index (χ0) is 11.5. The number of anilines is 1. The molecule has 0 amide bonds. The van der Waals surface area contributed by atoms with Gasteiger partial charge in [0.25, 0.3) is 0 Å². The molecule has 16 heavy (non-hydrogen) atoms. The summed E-state index contributed by atoms with van der Waals surface area (Å²) in [5.41, 5.74) is 8.16. The summed E-state index contributed by atoms with van der Waals surface area (Å²) in [6.45, 7) is 0. The van der Waals surface area contributed by atoms with E-state index in [1.165, 1.54) is 7.11 Å². The molecule has 2 aromatic rings. The van der Waals surface area contributed by atoms with Gasteiger partial charge in [0.1, 0.15) is 0 Å². The van der Waals surface area contributed by atoms with Crippen molar-refractivity contribution in [2.75, 3.05) is 12.8 Å². The molecule has 82 valence electrons. The first kappa shape index (κ1) is 10.3. The first-order valence-electron chi connectivity index (χ1n) is 4.79. The number of pyridine rings is 1. The van der Waals surface area contributed by atoms with Crippen LogP contribution in [-0.4, -0.2) is 17.2 Å². The summed E-state index contributed by atoms with van der Waals surface area (Å²) in [4.78, 5) is 4.02. The van der Waals surface area contributed by atoms with Gasteiger partial charge in [0, 0.05) is 23.6 Å². The second kappa shape index (κ2) is 4.10. The molecular weight excluding hydrogens is 204 g/mol. The highest BCUT2D eigenvalue weighted by molar-refractivity contribution is 5.76. The minimum atomic E-state index is 0.105. The Morgan fingerprint density at radius 1 is 1.31 bits per heavy atom. The second-order valence-corrected chi connectivity index (χ2v) is 3.35. The summed E-state index contributed by atoms with van der Waals surface area (Å²) < 4.78 is 5.04. The molecule has 0 unspecified atom stereocenters. The molecule has 0 atom stereocenters. The average molecular weight is 216 g/mol.